The molecule has 5 nitrogen and oxygen atoms in total. The van der Waals surface area contributed by atoms with Crippen molar-refractivity contribution in [2.45, 2.75) is 32.1 Å². The first-order chi connectivity index (χ1) is 11.3. The molecule has 132 valence electrons. The third kappa shape index (κ3) is 4.70. The first-order valence-electron chi connectivity index (χ1n) is 7.76. The van der Waals surface area contributed by atoms with Crippen molar-refractivity contribution in [1.82, 2.24) is 15.5 Å². The highest BCUT2D eigenvalue weighted by Gasteiger charge is 2.33. The maximum absolute atomic E-state index is 12.8. The Morgan fingerprint density at radius 2 is 2.17 bits per heavy atom. The molecule has 1 aromatic rings. The average molecular weight is 343 g/mol. The Hall–Kier alpha value is -2.09. The lowest BCUT2D eigenvalue weighted by Gasteiger charge is -2.34. The SMILES string of the molecule is CCNC(=O)CC1C(=O)NCCN1Cc1cccc(C(F)(F)F)c1. The van der Waals surface area contributed by atoms with Crippen molar-refractivity contribution in [3.8, 4) is 0 Å². The van der Waals surface area contributed by atoms with E-state index in [0.717, 1.165) is 12.1 Å². The van der Waals surface area contributed by atoms with E-state index < -0.39 is 17.8 Å². The zero-order chi connectivity index (χ0) is 17.7. The minimum Gasteiger partial charge on any atom is -0.356 e. The number of piperazine rings is 1. The molecule has 1 saturated heterocycles. The normalized spacial score (nSPS) is 19.0. The highest BCUT2D eigenvalue weighted by Crippen LogP contribution is 2.30. The molecular weight excluding hydrogens is 323 g/mol. The lowest BCUT2D eigenvalue weighted by molar-refractivity contribution is -0.137. The number of carbonyl (C=O) groups is 2. The maximum atomic E-state index is 12.8. The third-order valence-corrected chi connectivity index (χ3v) is 3.83. The lowest BCUT2D eigenvalue weighted by Crippen LogP contribution is -2.56. The number of nitrogens with one attached hydrogen (secondary N) is 2. The number of alkyl halides is 3. The van der Waals surface area contributed by atoms with Crippen LogP contribution in [0.15, 0.2) is 24.3 Å². The van der Waals surface area contributed by atoms with Gasteiger partial charge in [-0.15, -0.1) is 0 Å². The van der Waals surface area contributed by atoms with Crippen molar-refractivity contribution in [1.29, 1.82) is 0 Å². The molecule has 0 aromatic heterocycles. The summed E-state index contributed by atoms with van der Waals surface area (Å²) in [7, 11) is 0. The number of hydrogen-bond donors (Lipinski definition) is 2. The number of hydrogen-bond acceptors (Lipinski definition) is 3. The van der Waals surface area contributed by atoms with Gasteiger partial charge < -0.3 is 10.6 Å². The first kappa shape index (κ1) is 18.3. The molecule has 2 amide bonds. The van der Waals surface area contributed by atoms with Crippen LogP contribution in [0.4, 0.5) is 13.2 Å². The molecule has 0 aliphatic carbocycles. The Kier molecular flexibility index (Phi) is 5.82. The van der Waals surface area contributed by atoms with E-state index in [2.05, 4.69) is 10.6 Å². The number of halogens is 3. The van der Waals surface area contributed by atoms with E-state index in [0.29, 0.717) is 25.2 Å². The van der Waals surface area contributed by atoms with E-state index in [4.69, 9.17) is 0 Å². The first-order valence-corrected chi connectivity index (χ1v) is 7.76. The molecule has 1 aromatic carbocycles. The van der Waals surface area contributed by atoms with Gasteiger partial charge in [0.25, 0.3) is 0 Å². The molecule has 0 bridgehead atoms. The topological polar surface area (TPSA) is 61.4 Å². The van der Waals surface area contributed by atoms with Crippen molar-refractivity contribution in [3.63, 3.8) is 0 Å². The van der Waals surface area contributed by atoms with Crippen LogP contribution in [-0.4, -0.2) is 42.4 Å². The largest absolute Gasteiger partial charge is 0.416 e. The number of rotatable bonds is 5. The van der Waals surface area contributed by atoms with Crippen LogP contribution in [-0.2, 0) is 22.3 Å². The quantitative estimate of drug-likeness (QED) is 0.852. The monoisotopic (exact) mass is 343 g/mol. The Bertz CT molecular complexity index is 604. The minimum absolute atomic E-state index is 0.0152. The Morgan fingerprint density at radius 3 is 2.83 bits per heavy atom. The van der Waals surface area contributed by atoms with E-state index in [9.17, 15) is 22.8 Å². The maximum Gasteiger partial charge on any atom is 0.416 e. The number of nitrogens with zero attached hydrogens (tertiary/aromatic N) is 1. The van der Waals surface area contributed by atoms with Gasteiger partial charge in [-0.2, -0.15) is 13.2 Å². The molecule has 2 rings (SSSR count). The summed E-state index contributed by atoms with van der Waals surface area (Å²) in [6.07, 6.45) is -4.42. The van der Waals surface area contributed by atoms with E-state index in [1.165, 1.54) is 6.07 Å². The van der Waals surface area contributed by atoms with Gasteiger partial charge in [-0.1, -0.05) is 18.2 Å². The molecule has 24 heavy (non-hydrogen) atoms. The molecule has 1 unspecified atom stereocenters. The van der Waals surface area contributed by atoms with Crippen LogP contribution < -0.4 is 10.6 Å². The van der Waals surface area contributed by atoms with Crippen LogP contribution in [0.2, 0.25) is 0 Å². The highest BCUT2D eigenvalue weighted by molar-refractivity contribution is 5.88. The zero-order valence-corrected chi connectivity index (χ0v) is 13.3. The smallest absolute Gasteiger partial charge is 0.356 e. The van der Waals surface area contributed by atoms with Crippen LogP contribution in [0.3, 0.4) is 0 Å². The van der Waals surface area contributed by atoms with Gasteiger partial charge in [0.2, 0.25) is 11.8 Å². The Labute approximate surface area is 138 Å². The average Bonchev–Trinajstić information content (AvgIpc) is 2.50. The van der Waals surface area contributed by atoms with Crippen LogP contribution in [0.1, 0.15) is 24.5 Å². The van der Waals surface area contributed by atoms with E-state index in [-0.39, 0.29) is 24.8 Å². The van der Waals surface area contributed by atoms with Crippen LogP contribution in [0.5, 0.6) is 0 Å². The second kappa shape index (κ2) is 7.65. The third-order valence-electron chi connectivity index (χ3n) is 3.83. The Morgan fingerprint density at radius 1 is 1.42 bits per heavy atom. The van der Waals surface area contributed by atoms with Crippen LogP contribution in [0, 0.1) is 0 Å². The van der Waals surface area contributed by atoms with Crippen molar-refractivity contribution >= 4 is 11.8 Å². The van der Waals surface area contributed by atoms with Gasteiger partial charge in [-0.05, 0) is 18.6 Å². The molecule has 2 N–H and O–H groups in total. The summed E-state index contributed by atoms with van der Waals surface area (Å²) in [6.45, 7) is 3.30. The molecule has 8 heteroatoms. The van der Waals surface area contributed by atoms with E-state index >= 15 is 0 Å². The van der Waals surface area contributed by atoms with Gasteiger partial charge in [-0.25, -0.2) is 0 Å². The summed E-state index contributed by atoms with van der Waals surface area (Å²) < 4.78 is 38.4. The van der Waals surface area contributed by atoms with Gasteiger partial charge in [0, 0.05) is 26.2 Å². The molecule has 1 heterocycles. The van der Waals surface area contributed by atoms with E-state index in [1.807, 2.05) is 0 Å². The second-order valence-electron chi connectivity index (χ2n) is 5.63. The van der Waals surface area contributed by atoms with E-state index in [1.54, 1.807) is 17.9 Å². The Balaban J connectivity index is 2.13. The lowest BCUT2D eigenvalue weighted by atomic mass is 10.1. The molecule has 1 fully saturated rings. The second-order valence-corrected chi connectivity index (χ2v) is 5.63. The predicted molar refractivity (Wildman–Crippen MR) is 82.0 cm³/mol. The van der Waals surface area contributed by atoms with Crippen molar-refractivity contribution in [3.05, 3.63) is 35.4 Å². The van der Waals surface area contributed by atoms with Crippen molar-refractivity contribution in [2.75, 3.05) is 19.6 Å². The predicted octanol–water partition coefficient (Wildman–Crippen LogP) is 1.53. The molecule has 0 saturated carbocycles. The molecule has 1 aliphatic rings. The number of carbonyl (C=O) groups excluding carboxylic acids is 2. The van der Waals surface area contributed by atoms with Gasteiger partial charge in [0.1, 0.15) is 0 Å². The van der Waals surface area contributed by atoms with Crippen molar-refractivity contribution in [2.24, 2.45) is 0 Å². The molecular formula is C16H20F3N3O2. The van der Waals surface area contributed by atoms with Gasteiger partial charge >= 0.3 is 6.18 Å². The highest BCUT2D eigenvalue weighted by atomic mass is 19.4. The number of amides is 2. The van der Waals surface area contributed by atoms with Crippen LogP contribution in [0.25, 0.3) is 0 Å². The number of benzene rings is 1. The summed E-state index contributed by atoms with van der Waals surface area (Å²) in [6, 6.07) is 4.35. The molecule has 1 atom stereocenters. The van der Waals surface area contributed by atoms with Crippen LogP contribution >= 0.6 is 0 Å². The fourth-order valence-electron chi connectivity index (χ4n) is 2.70. The summed E-state index contributed by atoms with van der Waals surface area (Å²) in [4.78, 5) is 25.6. The molecule has 0 spiro atoms. The van der Waals surface area contributed by atoms with Gasteiger partial charge in [-0.3, -0.25) is 14.5 Å². The summed E-state index contributed by atoms with van der Waals surface area (Å²) in [5.41, 5.74) is -0.262. The molecule has 1 aliphatic heterocycles. The summed E-state index contributed by atoms with van der Waals surface area (Å²) in [5, 5.41) is 5.32. The standard InChI is InChI=1S/C16H20F3N3O2/c1-2-20-14(23)9-13-15(24)21-6-7-22(13)10-11-4-3-5-12(8-11)16(17,18)19/h3-5,8,13H,2,6-7,9-10H2,1H3,(H,20,23)(H,21,24). The fourth-order valence-corrected chi connectivity index (χ4v) is 2.70. The summed E-state index contributed by atoms with van der Waals surface area (Å²) >= 11 is 0. The van der Waals surface area contributed by atoms with Crippen molar-refractivity contribution < 1.29 is 22.8 Å². The molecule has 0 radical (unpaired) electrons. The van der Waals surface area contributed by atoms with Gasteiger partial charge in [0.05, 0.1) is 18.0 Å². The fraction of sp³-hybridized carbons (Fsp3) is 0.500. The van der Waals surface area contributed by atoms with Gasteiger partial charge in [0.15, 0.2) is 0 Å². The summed E-state index contributed by atoms with van der Waals surface area (Å²) in [5.74, 6) is -0.534. The minimum atomic E-state index is -4.41. The zero-order valence-electron chi connectivity index (χ0n) is 13.3.